The van der Waals surface area contributed by atoms with E-state index >= 15 is 0 Å². The summed E-state index contributed by atoms with van der Waals surface area (Å²) in [6, 6.07) is 11.9. The molecule has 0 amide bonds. The number of carbonyl (C=O) groups is 1. The summed E-state index contributed by atoms with van der Waals surface area (Å²) in [5, 5.41) is 0. The Morgan fingerprint density at radius 3 is 2.88 bits per heavy atom. The summed E-state index contributed by atoms with van der Waals surface area (Å²) in [5.74, 6) is 2.56. The number of aromatic nitrogens is 2. The van der Waals surface area contributed by atoms with E-state index in [1.54, 1.807) is 6.33 Å². The monoisotopic (exact) mass is 347 g/mol. The van der Waals surface area contributed by atoms with Gasteiger partial charge < -0.3 is 4.74 Å². The predicted molar refractivity (Wildman–Crippen MR) is 96.5 cm³/mol. The number of imidazole rings is 1. The summed E-state index contributed by atoms with van der Waals surface area (Å²) in [6.45, 7) is 1.72. The average molecular weight is 347 g/mol. The number of hydrogen-bond acceptors (Lipinski definition) is 5. The van der Waals surface area contributed by atoms with Crippen LogP contribution in [0.3, 0.4) is 0 Å². The number of carbonyl (C=O) groups excluding carboxylic acids is 1. The van der Waals surface area contributed by atoms with E-state index in [1.165, 1.54) is 18.3 Å². The third-order valence-electron chi connectivity index (χ3n) is 3.83. The summed E-state index contributed by atoms with van der Waals surface area (Å²) in [5.41, 5.74) is 3.52. The molecular formula is C19H13N3O2S. The molecule has 25 heavy (non-hydrogen) atoms. The lowest BCUT2D eigenvalue weighted by Crippen LogP contribution is -2.05. The fourth-order valence-electron chi connectivity index (χ4n) is 2.78. The van der Waals surface area contributed by atoms with Gasteiger partial charge in [0.05, 0.1) is 27.7 Å². The molecule has 6 heteroatoms. The molecule has 0 bridgehead atoms. The van der Waals surface area contributed by atoms with Crippen LogP contribution in [0.2, 0.25) is 0 Å². The van der Waals surface area contributed by atoms with Gasteiger partial charge in [0.2, 0.25) is 5.88 Å². The van der Waals surface area contributed by atoms with Crippen LogP contribution in [0.5, 0.6) is 5.88 Å². The number of hydrogen-bond donors (Lipinski definition) is 0. The molecule has 3 heterocycles. The van der Waals surface area contributed by atoms with Gasteiger partial charge >= 0.3 is 5.97 Å². The molecule has 5 nitrogen and oxygen atoms in total. The number of aliphatic imine (C=N–C) groups is 1. The number of esters is 1. The van der Waals surface area contributed by atoms with Gasteiger partial charge in [-0.2, -0.15) is 0 Å². The van der Waals surface area contributed by atoms with Crippen molar-refractivity contribution in [2.75, 3.05) is 0 Å². The Morgan fingerprint density at radius 2 is 2.16 bits per heavy atom. The van der Waals surface area contributed by atoms with E-state index in [-0.39, 0.29) is 5.88 Å². The maximum Gasteiger partial charge on any atom is 0.309 e. The van der Waals surface area contributed by atoms with Gasteiger partial charge in [-0.3, -0.25) is 14.4 Å². The van der Waals surface area contributed by atoms with E-state index in [4.69, 9.17) is 16.2 Å². The van der Waals surface area contributed by atoms with Crippen molar-refractivity contribution in [2.45, 2.75) is 13.5 Å². The summed E-state index contributed by atoms with van der Waals surface area (Å²) < 4.78 is 7.11. The summed E-state index contributed by atoms with van der Waals surface area (Å²) in [6.07, 6.45) is 7.24. The topological polar surface area (TPSA) is 56.5 Å². The zero-order valence-corrected chi connectivity index (χ0v) is 14.2. The lowest BCUT2D eigenvalue weighted by atomic mass is 10.1. The van der Waals surface area contributed by atoms with E-state index < -0.39 is 5.97 Å². The number of terminal acetylenes is 1. The highest BCUT2D eigenvalue weighted by Gasteiger charge is 2.25. The van der Waals surface area contributed by atoms with Crippen molar-refractivity contribution in [3.05, 3.63) is 63.7 Å². The van der Waals surface area contributed by atoms with E-state index in [1.807, 2.05) is 41.0 Å². The van der Waals surface area contributed by atoms with Gasteiger partial charge in [0.25, 0.3) is 0 Å². The van der Waals surface area contributed by atoms with Gasteiger partial charge in [0.15, 0.2) is 0 Å². The minimum absolute atomic E-state index is 0.282. The van der Waals surface area contributed by atoms with E-state index in [2.05, 4.69) is 10.9 Å². The van der Waals surface area contributed by atoms with Crippen LogP contribution in [0.15, 0.2) is 47.7 Å². The molecule has 0 N–H and O–H groups in total. The minimum Gasteiger partial charge on any atom is -0.406 e. The fourth-order valence-corrected chi connectivity index (χ4v) is 3.77. The first-order valence-corrected chi connectivity index (χ1v) is 8.44. The number of fused-ring (bicyclic) bond motifs is 3. The van der Waals surface area contributed by atoms with Crippen molar-refractivity contribution in [3.63, 3.8) is 0 Å². The van der Waals surface area contributed by atoms with Crippen LogP contribution < -0.4 is 4.74 Å². The average Bonchev–Trinajstić information content (AvgIpc) is 3.17. The van der Waals surface area contributed by atoms with Crippen molar-refractivity contribution in [2.24, 2.45) is 4.99 Å². The van der Waals surface area contributed by atoms with E-state index in [0.29, 0.717) is 6.54 Å². The maximum atomic E-state index is 11.3. The Bertz CT molecular complexity index is 1040. The maximum absolute atomic E-state index is 11.3. The molecule has 2 aromatic heterocycles. The Balaban J connectivity index is 1.93. The van der Waals surface area contributed by atoms with Gasteiger partial charge in [-0.05, 0) is 6.07 Å². The zero-order valence-electron chi connectivity index (χ0n) is 13.4. The third-order valence-corrected chi connectivity index (χ3v) is 4.89. The molecule has 1 aliphatic heterocycles. The molecule has 0 unspecified atom stereocenters. The van der Waals surface area contributed by atoms with Gasteiger partial charge in [0, 0.05) is 12.5 Å². The highest BCUT2D eigenvalue weighted by Crippen LogP contribution is 2.34. The lowest BCUT2D eigenvalue weighted by Gasteiger charge is -2.06. The van der Waals surface area contributed by atoms with Crippen molar-refractivity contribution in [1.82, 2.24) is 9.55 Å². The predicted octanol–water partition coefficient (Wildman–Crippen LogP) is 3.19. The van der Waals surface area contributed by atoms with Gasteiger partial charge in [-0.15, -0.1) is 17.8 Å². The zero-order chi connectivity index (χ0) is 17.4. The summed E-state index contributed by atoms with van der Waals surface area (Å²) >= 11 is 1.52. The normalized spacial score (nSPS) is 12.4. The number of nitrogens with zero attached hydrogens (tertiary/aromatic N) is 3. The van der Waals surface area contributed by atoms with Crippen LogP contribution in [0, 0.1) is 12.3 Å². The molecule has 0 radical (unpaired) electrons. The van der Waals surface area contributed by atoms with Crippen LogP contribution in [-0.4, -0.2) is 21.2 Å². The molecule has 0 spiro atoms. The Hall–Kier alpha value is -3.17. The quantitative estimate of drug-likeness (QED) is 0.528. The highest BCUT2D eigenvalue weighted by atomic mass is 32.1. The molecule has 122 valence electrons. The molecule has 0 aliphatic carbocycles. The van der Waals surface area contributed by atoms with Crippen molar-refractivity contribution in [3.8, 4) is 23.9 Å². The number of benzene rings is 1. The Kier molecular flexibility index (Phi) is 3.71. The largest absolute Gasteiger partial charge is 0.406 e. The minimum atomic E-state index is -0.409. The Labute approximate surface area is 148 Å². The molecule has 0 fully saturated rings. The second-order valence-corrected chi connectivity index (χ2v) is 6.51. The third kappa shape index (κ3) is 2.65. The molecule has 1 aromatic carbocycles. The summed E-state index contributed by atoms with van der Waals surface area (Å²) in [4.78, 5) is 22.1. The number of rotatable bonds is 2. The van der Waals surface area contributed by atoms with Gasteiger partial charge in [0.1, 0.15) is 12.0 Å². The fraction of sp³-hybridized carbons (Fsp3) is 0.105. The summed E-state index contributed by atoms with van der Waals surface area (Å²) in [7, 11) is 0. The van der Waals surface area contributed by atoms with E-state index in [0.717, 1.165) is 32.4 Å². The van der Waals surface area contributed by atoms with Gasteiger partial charge in [-0.1, -0.05) is 36.3 Å². The van der Waals surface area contributed by atoms with Gasteiger partial charge in [-0.25, -0.2) is 4.98 Å². The molecule has 0 saturated carbocycles. The molecule has 0 saturated heterocycles. The van der Waals surface area contributed by atoms with Crippen LogP contribution >= 0.6 is 11.3 Å². The second kappa shape index (κ2) is 6.04. The van der Waals surface area contributed by atoms with Crippen LogP contribution in [0.4, 0.5) is 0 Å². The molecule has 0 atom stereocenters. The number of ether oxygens (including phenoxy) is 1. The standard InChI is InChI=1S/C19H13N3O2S/c1-3-14-9-15-18(25-14)17(13-7-5-4-6-8-13)20-10-16-19(24-12(2)23)21-11-22(15)16/h1,4-9,11H,10H2,2H3. The van der Waals surface area contributed by atoms with Crippen molar-refractivity contribution >= 4 is 23.0 Å². The first-order chi connectivity index (χ1) is 12.2. The van der Waals surface area contributed by atoms with Crippen molar-refractivity contribution in [1.29, 1.82) is 0 Å². The highest BCUT2D eigenvalue weighted by molar-refractivity contribution is 7.15. The second-order valence-electron chi connectivity index (χ2n) is 5.46. The lowest BCUT2D eigenvalue weighted by molar-refractivity contribution is -0.132. The molecular weight excluding hydrogens is 334 g/mol. The SMILES string of the molecule is C#Cc1cc2c(s1)C(c1ccccc1)=NCc1c(OC(C)=O)ncn1-2. The Morgan fingerprint density at radius 1 is 1.36 bits per heavy atom. The first-order valence-electron chi connectivity index (χ1n) is 7.63. The van der Waals surface area contributed by atoms with Crippen LogP contribution in [-0.2, 0) is 11.3 Å². The van der Waals surface area contributed by atoms with Crippen molar-refractivity contribution < 1.29 is 9.53 Å². The van der Waals surface area contributed by atoms with E-state index in [9.17, 15) is 4.79 Å². The molecule has 1 aliphatic rings. The molecule has 3 aromatic rings. The van der Waals surface area contributed by atoms with Crippen LogP contribution in [0.25, 0.3) is 5.69 Å². The number of thiophene rings is 1. The molecule has 4 rings (SSSR count). The first kappa shape index (κ1) is 15.4. The smallest absolute Gasteiger partial charge is 0.309 e. The van der Waals surface area contributed by atoms with Crippen LogP contribution in [0.1, 0.15) is 27.9 Å².